The van der Waals surface area contributed by atoms with E-state index in [1.807, 2.05) is 0 Å². The van der Waals surface area contributed by atoms with Crippen molar-refractivity contribution in [2.45, 2.75) is 39.0 Å². The normalized spacial score (nSPS) is 22.9. The molecule has 2 aromatic rings. The zero-order valence-corrected chi connectivity index (χ0v) is 12.1. The molecule has 0 heterocycles. The Morgan fingerprint density at radius 1 is 1.00 bits per heavy atom. The fourth-order valence-corrected chi connectivity index (χ4v) is 3.28. The minimum absolute atomic E-state index is 0.303. The van der Waals surface area contributed by atoms with Crippen LogP contribution in [0.4, 0.5) is 0 Å². The van der Waals surface area contributed by atoms with Crippen LogP contribution in [0.3, 0.4) is 0 Å². The Hall–Kier alpha value is -1.63. The highest BCUT2D eigenvalue weighted by Gasteiger charge is 2.24. The highest BCUT2D eigenvalue weighted by atomic mass is 16.1. The molecule has 0 N–H and O–H groups in total. The topological polar surface area (TPSA) is 17.1 Å². The summed E-state index contributed by atoms with van der Waals surface area (Å²) in [5.41, 5.74) is 1.16. The number of carbonyl (C=O) groups is 1. The lowest BCUT2D eigenvalue weighted by Crippen LogP contribution is -2.22. The summed E-state index contributed by atoms with van der Waals surface area (Å²) in [6, 6.07) is 14.7. The van der Waals surface area contributed by atoms with Gasteiger partial charge in [0.2, 0.25) is 0 Å². The number of ketones is 1. The minimum Gasteiger partial charge on any atom is -0.299 e. The molecule has 0 spiro atoms. The number of fused-ring (bicyclic) bond motifs is 1. The molecule has 2 aromatic carbocycles. The van der Waals surface area contributed by atoms with Crippen LogP contribution in [0.2, 0.25) is 0 Å². The summed E-state index contributed by atoms with van der Waals surface area (Å²) in [5, 5.41) is 2.48. The summed E-state index contributed by atoms with van der Waals surface area (Å²) in [6.45, 7) is 2.30. The number of benzene rings is 2. The number of hydrogen-bond donors (Lipinski definition) is 0. The van der Waals surface area contributed by atoms with Gasteiger partial charge in [-0.1, -0.05) is 62.2 Å². The highest BCUT2D eigenvalue weighted by molar-refractivity contribution is 5.87. The molecule has 1 nitrogen and oxygen atoms in total. The predicted octanol–water partition coefficient (Wildman–Crippen LogP) is 4.78. The first-order valence-electron chi connectivity index (χ1n) is 7.73. The van der Waals surface area contributed by atoms with Gasteiger partial charge < -0.3 is 0 Å². The Bertz CT molecular complexity index is 606. The van der Waals surface area contributed by atoms with Crippen molar-refractivity contribution in [2.75, 3.05) is 0 Å². The molecule has 1 fully saturated rings. The second-order valence-corrected chi connectivity index (χ2v) is 6.28. The zero-order valence-electron chi connectivity index (χ0n) is 12.1. The molecule has 0 bridgehead atoms. The Kier molecular flexibility index (Phi) is 3.86. The van der Waals surface area contributed by atoms with Crippen LogP contribution in [0, 0.1) is 11.8 Å². The summed E-state index contributed by atoms with van der Waals surface area (Å²) < 4.78 is 0. The van der Waals surface area contributed by atoms with E-state index in [0.29, 0.717) is 18.1 Å². The average Bonchev–Trinajstić information content (AvgIpc) is 2.48. The first kappa shape index (κ1) is 13.4. The first-order chi connectivity index (χ1) is 9.72. The number of rotatable bonds is 3. The van der Waals surface area contributed by atoms with Gasteiger partial charge in [0.25, 0.3) is 0 Å². The third-order valence-electron chi connectivity index (χ3n) is 4.66. The van der Waals surface area contributed by atoms with E-state index in [0.717, 1.165) is 24.3 Å². The maximum Gasteiger partial charge on any atom is 0.140 e. The van der Waals surface area contributed by atoms with Crippen molar-refractivity contribution in [3.8, 4) is 0 Å². The summed E-state index contributed by atoms with van der Waals surface area (Å²) >= 11 is 0. The van der Waals surface area contributed by atoms with E-state index in [2.05, 4.69) is 49.4 Å². The van der Waals surface area contributed by atoms with Crippen LogP contribution in [-0.4, -0.2) is 5.78 Å². The fraction of sp³-hybridized carbons (Fsp3) is 0.421. The average molecular weight is 266 g/mol. The lowest BCUT2D eigenvalue weighted by molar-refractivity contribution is -0.123. The smallest absolute Gasteiger partial charge is 0.140 e. The summed E-state index contributed by atoms with van der Waals surface area (Å²) in [4.78, 5) is 12.4. The van der Waals surface area contributed by atoms with E-state index in [1.165, 1.54) is 23.6 Å². The van der Waals surface area contributed by atoms with Crippen molar-refractivity contribution in [1.29, 1.82) is 0 Å². The lowest BCUT2D eigenvalue weighted by Gasteiger charge is -2.25. The van der Waals surface area contributed by atoms with Crippen molar-refractivity contribution in [1.82, 2.24) is 0 Å². The van der Waals surface area contributed by atoms with Crippen LogP contribution in [0.15, 0.2) is 42.5 Å². The van der Waals surface area contributed by atoms with Gasteiger partial charge in [-0.05, 0) is 35.1 Å². The lowest BCUT2D eigenvalue weighted by atomic mass is 9.79. The third-order valence-corrected chi connectivity index (χ3v) is 4.66. The van der Waals surface area contributed by atoms with E-state index in [-0.39, 0.29) is 0 Å². The van der Waals surface area contributed by atoms with Crippen LogP contribution in [0.1, 0.15) is 38.2 Å². The molecule has 1 saturated carbocycles. The van der Waals surface area contributed by atoms with Crippen LogP contribution >= 0.6 is 0 Å². The summed E-state index contributed by atoms with van der Waals surface area (Å²) in [5.74, 6) is 1.55. The first-order valence-corrected chi connectivity index (χ1v) is 7.73. The Balaban J connectivity index is 1.71. The molecule has 1 aliphatic rings. The van der Waals surface area contributed by atoms with Crippen LogP contribution in [-0.2, 0) is 11.2 Å². The molecule has 0 aromatic heterocycles. The molecule has 1 aliphatic carbocycles. The van der Waals surface area contributed by atoms with Gasteiger partial charge in [-0.3, -0.25) is 4.79 Å². The molecule has 0 saturated heterocycles. The monoisotopic (exact) mass is 266 g/mol. The maximum absolute atomic E-state index is 12.4. The number of hydrogen-bond acceptors (Lipinski definition) is 1. The number of Topliss-reactive ketones (excluding diaryl/α,β-unsaturated/α-hetero) is 1. The Morgan fingerprint density at radius 3 is 2.45 bits per heavy atom. The van der Waals surface area contributed by atoms with Crippen LogP contribution < -0.4 is 0 Å². The number of carbonyl (C=O) groups excluding carboxylic acids is 1. The minimum atomic E-state index is 0.303. The van der Waals surface area contributed by atoms with E-state index < -0.39 is 0 Å². The van der Waals surface area contributed by atoms with Gasteiger partial charge in [-0.25, -0.2) is 0 Å². The van der Waals surface area contributed by atoms with E-state index in [1.54, 1.807) is 0 Å². The highest BCUT2D eigenvalue weighted by Crippen LogP contribution is 2.29. The SMILES string of the molecule is CC1CCC(C(=O)Cc2ccc3ccccc3c2)CC1. The zero-order chi connectivity index (χ0) is 13.9. The molecule has 0 aliphatic heterocycles. The molecule has 0 atom stereocenters. The molecule has 104 valence electrons. The van der Waals surface area contributed by atoms with Gasteiger partial charge in [0, 0.05) is 12.3 Å². The van der Waals surface area contributed by atoms with Crippen molar-refractivity contribution in [3.63, 3.8) is 0 Å². The van der Waals surface area contributed by atoms with Gasteiger partial charge in [0.15, 0.2) is 0 Å². The van der Waals surface area contributed by atoms with Crippen LogP contribution in [0.25, 0.3) is 10.8 Å². The van der Waals surface area contributed by atoms with Gasteiger partial charge in [-0.2, -0.15) is 0 Å². The van der Waals surface area contributed by atoms with E-state index in [9.17, 15) is 4.79 Å². The Labute approximate surface area is 121 Å². The van der Waals surface area contributed by atoms with Gasteiger partial charge in [-0.15, -0.1) is 0 Å². The standard InChI is InChI=1S/C19H22O/c1-14-6-9-17(10-7-14)19(20)13-15-8-11-16-4-2-3-5-18(16)12-15/h2-5,8,11-12,14,17H,6-7,9-10,13H2,1H3. The van der Waals surface area contributed by atoms with Gasteiger partial charge >= 0.3 is 0 Å². The second-order valence-electron chi connectivity index (χ2n) is 6.28. The molecule has 1 heteroatoms. The maximum atomic E-state index is 12.4. The fourth-order valence-electron chi connectivity index (χ4n) is 3.28. The second kappa shape index (κ2) is 5.78. The third kappa shape index (κ3) is 2.92. The molecule has 0 unspecified atom stereocenters. The molecule has 0 radical (unpaired) electrons. The van der Waals surface area contributed by atoms with Crippen molar-refractivity contribution in [3.05, 3.63) is 48.0 Å². The van der Waals surface area contributed by atoms with Crippen molar-refractivity contribution < 1.29 is 4.79 Å². The predicted molar refractivity (Wildman–Crippen MR) is 83.8 cm³/mol. The largest absolute Gasteiger partial charge is 0.299 e. The quantitative estimate of drug-likeness (QED) is 0.781. The molecule has 20 heavy (non-hydrogen) atoms. The molecule has 0 amide bonds. The van der Waals surface area contributed by atoms with Crippen molar-refractivity contribution >= 4 is 16.6 Å². The van der Waals surface area contributed by atoms with Crippen molar-refractivity contribution in [2.24, 2.45) is 11.8 Å². The van der Waals surface area contributed by atoms with E-state index >= 15 is 0 Å². The van der Waals surface area contributed by atoms with Crippen LogP contribution in [0.5, 0.6) is 0 Å². The summed E-state index contributed by atoms with van der Waals surface area (Å²) in [6.07, 6.45) is 5.22. The molecular formula is C19H22O. The molecule has 3 rings (SSSR count). The summed E-state index contributed by atoms with van der Waals surface area (Å²) in [7, 11) is 0. The van der Waals surface area contributed by atoms with Gasteiger partial charge in [0.1, 0.15) is 5.78 Å². The van der Waals surface area contributed by atoms with Gasteiger partial charge in [0.05, 0.1) is 0 Å². The van der Waals surface area contributed by atoms with E-state index in [4.69, 9.17) is 0 Å². The Morgan fingerprint density at radius 2 is 1.70 bits per heavy atom. The molecular weight excluding hydrogens is 244 g/mol.